The predicted octanol–water partition coefficient (Wildman–Crippen LogP) is 2.72. The van der Waals surface area contributed by atoms with Crippen LogP contribution in [0, 0.1) is 19.3 Å². The van der Waals surface area contributed by atoms with Crippen LogP contribution < -0.4 is 5.73 Å². The van der Waals surface area contributed by atoms with E-state index in [0.717, 1.165) is 5.75 Å². The molecular weight excluding hydrogens is 192 g/mol. The first-order valence-corrected chi connectivity index (χ1v) is 5.61. The lowest BCUT2D eigenvalue weighted by Crippen LogP contribution is -2.09. The smallest absolute Gasteiger partial charge is 0.0913 e. The summed E-state index contributed by atoms with van der Waals surface area (Å²) in [5.74, 6) is 1.15. The fourth-order valence-electron chi connectivity index (χ4n) is 1.08. The lowest BCUT2D eigenvalue weighted by Gasteiger charge is -2.04. The van der Waals surface area contributed by atoms with Crippen molar-refractivity contribution < 1.29 is 0 Å². The molecule has 1 rings (SSSR count). The van der Waals surface area contributed by atoms with E-state index in [9.17, 15) is 0 Å². The number of aryl methyl sites for hydroxylation is 2. The average molecular weight is 208 g/mol. The summed E-state index contributed by atoms with van der Waals surface area (Å²) >= 11 is 1.75. The van der Waals surface area contributed by atoms with E-state index in [1.165, 1.54) is 16.0 Å². The Morgan fingerprint density at radius 2 is 2.07 bits per heavy atom. The Morgan fingerprint density at radius 1 is 1.36 bits per heavy atom. The van der Waals surface area contributed by atoms with Gasteiger partial charge in [0.05, 0.1) is 5.84 Å². The second-order valence-electron chi connectivity index (χ2n) is 3.37. The lowest BCUT2D eigenvalue weighted by atomic mass is 10.1. The van der Waals surface area contributed by atoms with Gasteiger partial charge in [-0.05, 0) is 37.1 Å². The molecule has 2 nitrogen and oxygen atoms in total. The number of hydrogen-bond acceptors (Lipinski definition) is 2. The van der Waals surface area contributed by atoms with Crippen molar-refractivity contribution in [3.8, 4) is 0 Å². The Labute approximate surface area is 89.4 Å². The molecule has 3 heteroatoms. The molecular formula is C11H16N2S. The average Bonchev–Trinajstić information content (AvgIpc) is 2.10. The molecule has 1 aromatic carbocycles. The molecule has 3 N–H and O–H groups in total. The van der Waals surface area contributed by atoms with E-state index in [1.807, 2.05) is 0 Å². The second-order valence-corrected chi connectivity index (χ2v) is 4.54. The molecule has 0 spiro atoms. The van der Waals surface area contributed by atoms with Gasteiger partial charge in [0.1, 0.15) is 0 Å². The van der Waals surface area contributed by atoms with Gasteiger partial charge in [-0.15, -0.1) is 11.8 Å². The zero-order chi connectivity index (χ0) is 10.6. The van der Waals surface area contributed by atoms with Gasteiger partial charge in [-0.2, -0.15) is 0 Å². The number of benzene rings is 1. The molecule has 0 radical (unpaired) electrons. The van der Waals surface area contributed by atoms with Crippen molar-refractivity contribution in [1.29, 1.82) is 5.41 Å². The van der Waals surface area contributed by atoms with Crippen molar-refractivity contribution in [1.82, 2.24) is 0 Å². The molecule has 0 fully saturated rings. The Bertz CT molecular complexity index is 334. The summed E-state index contributed by atoms with van der Waals surface area (Å²) in [6, 6.07) is 6.43. The van der Waals surface area contributed by atoms with Crippen LogP contribution in [-0.2, 0) is 0 Å². The zero-order valence-corrected chi connectivity index (χ0v) is 9.45. The molecule has 0 amide bonds. The molecule has 0 aliphatic heterocycles. The monoisotopic (exact) mass is 208 g/mol. The maximum absolute atomic E-state index is 7.10. The van der Waals surface area contributed by atoms with Crippen molar-refractivity contribution in [2.45, 2.75) is 25.2 Å². The summed E-state index contributed by atoms with van der Waals surface area (Å²) in [6.45, 7) is 4.23. The number of nitrogens with two attached hydrogens (primary N) is 1. The number of thioether (sulfide) groups is 1. The largest absolute Gasteiger partial charge is 0.388 e. The van der Waals surface area contributed by atoms with E-state index in [0.29, 0.717) is 6.42 Å². The van der Waals surface area contributed by atoms with Gasteiger partial charge in [0.15, 0.2) is 0 Å². The van der Waals surface area contributed by atoms with E-state index < -0.39 is 0 Å². The fraction of sp³-hybridized carbons (Fsp3) is 0.364. The fourth-order valence-corrected chi connectivity index (χ4v) is 2.06. The summed E-state index contributed by atoms with van der Waals surface area (Å²) in [5.41, 5.74) is 7.92. The highest BCUT2D eigenvalue weighted by Gasteiger charge is 1.97. The van der Waals surface area contributed by atoms with Crippen molar-refractivity contribution in [3.63, 3.8) is 0 Å². The van der Waals surface area contributed by atoms with Gasteiger partial charge in [-0.25, -0.2) is 0 Å². The third-order valence-electron chi connectivity index (χ3n) is 2.12. The molecule has 0 saturated carbocycles. The minimum atomic E-state index is 0.265. The normalized spacial score (nSPS) is 10.1. The molecule has 0 atom stereocenters. The first-order valence-electron chi connectivity index (χ1n) is 4.62. The van der Waals surface area contributed by atoms with Crippen molar-refractivity contribution in [2.24, 2.45) is 5.73 Å². The topological polar surface area (TPSA) is 49.9 Å². The third kappa shape index (κ3) is 3.42. The molecule has 1 aromatic rings. The minimum absolute atomic E-state index is 0.265. The molecule has 0 aliphatic carbocycles. The van der Waals surface area contributed by atoms with Crippen molar-refractivity contribution in [2.75, 3.05) is 5.75 Å². The van der Waals surface area contributed by atoms with Crippen LogP contribution >= 0.6 is 11.8 Å². The van der Waals surface area contributed by atoms with Crippen LogP contribution in [-0.4, -0.2) is 11.6 Å². The van der Waals surface area contributed by atoms with Crippen LogP contribution in [0.25, 0.3) is 0 Å². The van der Waals surface area contributed by atoms with Crippen molar-refractivity contribution >= 4 is 17.6 Å². The van der Waals surface area contributed by atoms with Gasteiger partial charge in [0.2, 0.25) is 0 Å². The van der Waals surface area contributed by atoms with Crippen LogP contribution in [0.3, 0.4) is 0 Å². The Hall–Kier alpha value is -0.960. The SMILES string of the molecule is Cc1ccc(SCCC(=N)N)cc1C. The van der Waals surface area contributed by atoms with Crippen LogP contribution in [0.2, 0.25) is 0 Å². The predicted molar refractivity (Wildman–Crippen MR) is 63.2 cm³/mol. The second kappa shape index (κ2) is 5.05. The van der Waals surface area contributed by atoms with E-state index >= 15 is 0 Å². The summed E-state index contributed by atoms with van der Waals surface area (Å²) in [4.78, 5) is 1.26. The molecule has 76 valence electrons. The molecule has 0 aromatic heterocycles. The lowest BCUT2D eigenvalue weighted by molar-refractivity contribution is 1.22. The van der Waals surface area contributed by atoms with Crippen LogP contribution in [0.5, 0.6) is 0 Å². The number of hydrogen-bond donors (Lipinski definition) is 2. The quantitative estimate of drug-likeness (QED) is 0.454. The Kier molecular flexibility index (Phi) is 4.01. The first-order chi connectivity index (χ1) is 6.59. The summed E-state index contributed by atoms with van der Waals surface area (Å²) in [5, 5.41) is 7.10. The van der Waals surface area contributed by atoms with E-state index in [1.54, 1.807) is 11.8 Å². The van der Waals surface area contributed by atoms with E-state index in [4.69, 9.17) is 11.1 Å². The maximum atomic E-state index is 7.10. The highest BCUT2D eigenvalue weighted by Crippen LogP contribution is 2.21. The van der Waals surface area contributed by atoms with E-state index in [-0.39, 0.29) is 5.84 Å². The standard InChI is InChI=1S/C11H16N2S/c1-8-3-4-10(7-9(8)2)14-6-5-11(12)13/h3-4,7H,5-6H2,1-2H3,(H3,12,13). The molecule has 0 heterocycles. The number of amidine groups is 1. The van der Waals surface area contributed by atoms with Gasteiger partial charge in [-0.3, -0.25) is 5.41 Å². The van der Waals surface area contributed by atoms with Crippen molar-refractivity contribution in [3.05, 3.63) is 29.3 Å². The summed E-state index contributed by atoms with van der Waals surface area (Å²) in [6.07, 6.45) is 0.664. The van der Waals surface area contributed by atoms with Gasteiger partial charge in [0.25, 0.3) is 0 Å². The van der Waals surface area contributed by atoms with Crippen LogP contribution in [0.1, 0.15) is 17.5 Å². The Balaban J connectivity index is 2.51. The maximum Gasteiger partial charge on any atom is 0.0913 e. The summed E-state index contributed by atoms with van der Waals surface area (Å²) in [7, 11) is 0. The van der Waals surface area contributed by atoms with Crippen LogP contribution in [0.15, 0.2) is 23.1 Å². The third-order valence-corrected chi connectivity index (χ3v) is 3.11. The van der Waals surface area contributed by atoms with E-state index in [2.05, 4.69) is 32.0 Å². The highest BCUT2D eigenvalue weighted by molar-refractivity contribution is 7.99. The molecule has 0 unspecified atom stereocenters. The molecule has 0 aliphatic rings. The molecule has 0 saturated heterocycles. The Morgan fingerprint density at radius 3 is 2.64 bits per heavy atom. The van der Waals surface area contributed by atoms with Crippen LogP contribution in [0.4, 0.5) is 0 Å². The summed E-state index contributed by atoms with van der Waals surface area (Å²) < 4.78 is 0. The molecule has 14 heavy (non-hydrogen) atoms. The minimum Gasteiger partial charge on any atom is -0.388 e. The van der Waals surface area contributed by atoms with Gasteiger partial charge in [-0.1, -0.05) is 6.07 Å². The molecule has 0 bridgehead atoms. The van der Waals surface area contributed by atoms with Gasteiger partial charge < -0.3 is 5.73 Å². The zero-order valence-electron chi connectivity index (χ0n) is 8.63. The number of nitrogens with one attached hydrogen (secondary N) is 1. The highest BCUT2D eigenvalue weighted by atomic mass is 32.2. The first kappa shape index (κ1) is 11.1. The number of rotatable bonds is 4. The van der Waals surface area contributed by atoms with Gasteiger partial charge >= 0.3 is 0 Å². The van der Waals surface area contributed by atoms with Gasteiger partial charge in [0, 0.05) is 17.1 Å².